The lowest BCUT2D eigenvalue weighted by atomic mass is 9.90. The number of rotatable bonds is 2. The molecule has 2 heterocycles. The van der Waals surface area contributed by atoms with Gasteiger partial charge in [0.05, 0.1) is 15.9 Å². The second-order valence-corrected chi connectivity index (χ2v) is 8.10. The molecule has 0 radical (unpaired) electrons. The van der Waals surface area contributed by atoms with E-state index in [0.717, 1.165) is 28.8 Å². The zero-order valence-electron chi connectivity index (χ0n) is 14.6. The molecule has 0 saturated carbocycles. The molecule has 2 aromatic heterocycles. The molecule has 0 fully saturated rings. The van der Waals surface area contributed by atoms with Crippen LogP contribution in [-0.4, -0.2) is 15.0 Å². The van der Waals surface area contributed by atoms with Crippen molar-refractivity contribution in [3.63, 3.8) is 0 Å². The SMILES string of the molecule is CC1CCc2sc(C(=O)Nc3ccc4c(c3)n(C)c(=O)n4C)cc2C1. The van der Waals surface area contributed by atoms with Crippen LogP contribution >= 0.6 is 11.3 Å². The first-order valence-electron chi connectivity index (χ1n) is 8.52. The molecule has 0 spiro atoms. The van der Waals surface area contributed by atoms with E-state index in [2.05, 4.69) is 12.2 Å². The molecular formula is C19H21N3O2S. The summed E-state index contributed by atoms with van der Waals surface area (Å²) >= 11 is 1.61. The number of aromatic nitrogens is 2. The Kier molecular flexibility index (Phi) is 3.80. The highest BCUT2D eigenvalue weighted by Gasteiger charge is 2.21. The quantitative estimate of drug-likeness (QED) is 0.767. The maximum Gasteiger partial charge on any atom is 0.328 e. The molecule has 1 amide bonds. The first-order chi connectivity index (χ1) is 11.9. The van der Waals surface area contributed by atoms with Gasteiger partial charge in [0.1, 0.15) is 0 Å². The molecule has 1 N–H and O–H groups in total. The maximum atomic E-state index is 12.6. The number of nitrogens with one attached hydrogen (secondary N) is 1. The number of thiophene rings is 1. The Morgan fingerprint density at radius 3 is 2.76 bits per heavy atom. The van der Waals surface area contributed by atoms with E-state index < -0.39 is 0 Å². The predicted molar refractivity (Wildman–Crippen MR) is 102 cm³/mol. The van der Waals surface area contributed by atoms with Gasteiger partial charge in [-0.15, -0.1) is 11.3 Å². The van der Waals surface area contributed by atoms with Gasteiger partial charge in [0.2, 0.25) is 0 Å². The molecule has 1 unspecified atom stereocenters. The third kappa shape index (κ3) is 2.70. The van der Waals surface area contributed by atoms with Crippen LogP contribution in [-0.2, 0) is 26.9 Å². The van der Waals surface area contributed by atoms with Crippen molar-refractivity contribution in [1.29, 1.82) is 0 Å². The van der Waals surface area contributed by atoms with Gasteiger partial charge < -0.3 is 5.32 Å². The van der Waals surface area contributed by atoms with Gasteiger partial charge in [-0.1, -0.05) is 6.92 Å². The summed E-state index contributed by atoms with van der Waals surface area (Å²) in [6.45, 7) is 2.26. The molecule has 1 aromatic carbocycles. The third-order valence-corrected chi connectivity index (χ3v) is 6.32. The summed E-state index contributed by atoms with van der Waals surface area (Å²) in [6.07, 6.45) is 3.34. The summed E-state index contributed by atoms with van der Waals surface area (Å²) in [5.74, 6) is 0.618. The molecule has 0 aliphatic heterocycles. The monoisotopic (exact) mass is 355 g/mol. The Hall–Kier alpha value is -2.34. The van der Waals surface area contributed by atoms with E-state index in [-0.39, 0.29) is 11.6 Å². The van der Waals surface area contributed by atoms with Crippen LogP contribution < -0.4 is 11.0 Å². The van der Waals surface area contributed by atoms with Gasteiger partial charge in [-0.25, -0.2) is 4.79 Å². The van der Waals surface area contributed by atoms with Crippen molar-refractivity contribution in [2.45, 2.75) is 26.2 Å². The second kappa shape index (κ2) is 5.88. The minimum atomic E-state index is -0.0765. The Morgan fingerprint density at radius 2 is 1.96 bits per heavy atom. The highest BCUT2D eigenvalue weighted by molar-refractivity contribution is 7.14. The number of nitrogens with zero attached hydrogens (tertiary/aromatic N) is 2. The highest BCUT2D eigenvalue weighted by atomic mass is 32.1. The number of imidazole rings is 1. The van der Waals surface area contributed by atoms with Crippen LogP contribution in [0.25, 0.3) is 11.0 Å². The molecule has 130 valence electrons. The fraction of sp³-hybridized carbons (Fsp3) is 0.368. The van der Waals surface area contributed by atoms with Crippen molar-refractivity contribution in [1.82, 2.24) is 9.13 Å². The van der Waals surface area contributed by atoms with Crippen LogP contribution in [0.3, 0.4) is 0 Å². The molecule has 6 heteroatoms. The van der Waals surface area contributed by atoms with Gasteiger partial charge >= 0.3 is 5.69 Å². The lowest BCUT2D eigenvalue weighted by Gasteiger charge is -2.16. The summed E-state index contributed by atoms with van der Waals surface area (Å²) in [6, 6.07) is 7.61. The van der Waals surface area contributed by atoms with Crippen LogP contribution in [0.4, 0.5) is 5.69 Å². The normalized spacial score (nSPS) is 16.8. The molecule has 0 bridgehead atoms. The zero-order valence-corrected chi connectivity index (χ0v) is 15.4. The Morgan fingerprint density at radius 1 is 1.20 bits per heavy atom. The number of hydrogen-bond donors (Lipinski definition) is 1. The molecular weight excluding hydrogens is 334 g/mol. The number of anilines is 1. The molecule has 4 rings (SSSR count). The third-order valence-electron chi connectivity index (χ3n) is 5.08. The minimum absolute atomic E-state index is 0.0708. The standard InChI is InChI=1S/C19H21N3O2S/c1-11-4-7-16-12(8-11)9-17(25-16)18(23)20-13-5-6-14-15(10-13)22(3)19(24)21(14)2/h5-6,9-11H,4,7-8H2,1-3H3,(H,20,23). The predicted octanol–water partition coefficient (Wildman–Crippen LogP) is 3.32. The number of fused-ring (bicyclic) bond motifs is 2. The molecule has 5 nitrogen and oxygen atoms in total. The maximum absolute atomic E-state index is 12.6. The highest BCUT2D eigenvalue weighted by Crippen LogP contribution is 2.32. The van der Waals surface area contributed by atoms with Crippen molar-refractivity contribution in [2.75, 3.05) is 5.32 Å². The summed E-state index contributed by atoms with van der Waals surface area (Å²) < 4.78 is 3.20. The smallest absolute Gasteiger partial charge is 0.321 e. The van der Waals surface area contributed by atoms with Crippen LogP contribution in [0.15, 0.2) is 29.1 Å². The lowest BCUT2D eigenvalue weighted by molar-refractivity contribution is 0.103. The van der Waals surface area contributed by atoms with Crippen LogP contribution in [0.5, 0.6) is 0 Å². The number of carbonyl (C=O) groups is 1. The van der Waals surface area contributed by atoms with Gasteiger partial charge in [-0.3, -0.25) is 13.9 Å². The summed E-state index contributed by atoms with van der Waals surface area (Å²) in [4.78, 5) is 26.8. The number of amides is 1. The number of benzene rings is 1. The summed E-state index contributed by atoms with van der Waals surface area (Å²) in [5, 5.41) is 2.97. The Labute approximate surface area is 149 Å². The number of carbonyl (C=O) groups excluding carboxylic acids is 1. The Balaban J connectivity index is 1.62. The minimum Gasteiger partial charge on any atom is -0.321 e. The van der Waals surface area contributed by atoms with E-state index >= 15 is 0 Å². The Bertz CT molecular complexity index is 1040. The summed E-state index contributed by atoms with van der Waals surface area (Å²) in [7, 11) is 3.49. The first-order valence-corrected chi connectivity index (χ1v) is 9.34. The van der Waals surface area contributed by atoms with Gasteiger partial charge in [-0.2, -0.15) is 0 Å². The fourth-order valence-electron chi connectivity index (χ4n) is 3.59. The molecule has 1 atom stereocenters. The van der Waals surface area contributed by atoms with Crippen LogP contribution in [0.1, 0.15) is 33.5 Å². The molecule has 25 heavy (non-hydrogen) atoms. The fourth-order valence-corrected chi connectivity index (χ4v) is 4.70. The largest absolute Gasteiger partial charge is 0.328 e. The summed E-state index contributed by atoms with van der Waals surface area (Å²) in [5.41, 5.74) is 3.63. The van der Waals surface area contributed by atoms with Crippen molar-refractivity contribution in [3.05, 3.63) is 50.1 Å². The van der Waals surface area contributed by atoms with Crippen molar-refractivity contribution in [2.24, 2.45) is 20.0 Å². The van der Waals surface area contributed by atoms with Crippen LogP contribution in [0.2, 0.25) is 0 Å². The van der Waals surface area contributed by atoms with Gasteiger partial charge in [-0.05, 0) is 55.0 Å². The van der Waals surface area contributed by atoms with Gasteiger partial charge in [0, 0.05) is 24.7 Å². The second-order valence-electron chi connectivity index (χ2n) is 6.97. The van der Waals surface area contributed by atoms with E-state index in [9.17, 15) is 9.59 Å². The topological polar surface area (TPSA) is 56.0 Å². The average Bonchev–Trinajstić information content (AvgIpc) is 3.10. The van der Waals surface area contributed by atoms with E-state index in [1.807, 2.05) is 24.3 Å². The molecule has 1 aliphatic rings. The van der Waals surface area contributed by atoms with E-state index in [4.69, 9.17) is 0 Å². The zero-order chi connectivity index (χ0) is 17.7. The number of hydrogen-bond acceptors (Lipinski definition) is 3. The van der Waals surface area contributed by atoms with E-state index in [1.54, 1.807) is 34.6 Å². The van der Waals surface area contributed by atoms with Crippen LogP contribution in [0, 0.1) is 5.92 Å². The number of aryl methyl sites for hydroxylation is 3. The van der Waals surface area contributed by atoms with Gasteiger partial charge in [0.25, 0.3) is 5.91 Å². The van der Waals surface area contributed by atoms with E-state index in [0.29, 0.717) is 11.6 Å². The molecule has 3 aromatic rings. The molecule has 0 saturated heterocycles. The van der Waals surface area contributed by atoms with Crippen molar-refractivity contribution >= 4 is 34.0 Å². The van der Waals surface area contributed by atoms with Gasteiger partial charge in [0.15, 0.2) is 0 Å². The lowest BCUT2D eigenvalue weighted by Crippen LogP contribution is -2.19. The first kappa shape index (κ1) is 16.1. The van der Waals surface area contributed by atoms with Crippen molar-refractivity contribution < 1.29 is 4.79 Å². The average molecular weight is 355 g/mol. The van der Waals surface area contributed by atoms with Crippen molar-refractivity contribution in [3.8, 4) is 0 Å². The van der Waals surface area contributed by atoms with E-state index in [1.165, 1.54) is 16.9 Å². The molecule has 1 aliphatic carbocycles.